The van der Waals surface area contributed by atoms with Gasteiger partial charge in [-0.3, -0.25) is 0 Å². The van der Waals surface area contributed by atoms with Crippen molar-refractivity contribution in [2.45, 2.75) is 6.92 Å². The molecule has 1 nitrogen and oxygen atoms in total. The molecule has 0 spiro atoms. The third-order valence-corrected chi connectivity index (χ3v) is 2.68. The van der Waals surface area contributed by atoms with E-state index in [9.17, 15) is 0 Å². The number of allylic oxidation sites excluding steroid dienone is 2. The van der Waals surface area contributed by atoms with Crippen LogP contribution in [-0.4, -0.2) is 0 Å². The molecule has 0 atom stereocenters. The second-order valence-electron chi connectivity index (χ2n) is 4.63. The first-order valence-corrected chi connectivity index (χ1v) is 7.05. The lowest BCUT2D eigenvalue weighted by atomic mass is 10.2. The number of hydrogen-bond acceptors (Lipinski definition) is 1. The standard InChI is InChI=1S/C8H6O.C8H8.C5H8/c1-2-4-7(5-3-1)8-6-9-8;1-2-8-6-4-3-5-7-8;1-4-5(2)3/h1-6H;2-7H,1H2;4H,1-2H2,3H3. The van der Waals surface area contributed by atoms with E-state index in [4.69, 9.17) is 4.74 Å². The minimum atomic E-state index is 0.996. The zero-order valence-corrected chi connectivity index (χ0v) is 13.0. The maximum Gasteiger partial charge on any atom is 0.168 e. The van der Waals surface area contributed by atoms with E-state index in [-0.39, 0.29) is 0 Å². The number of benzene rings is 2. The van der Waals surface area contributed by atoms with Gasteiger partial charge in [0.25, 0.3) is 0 Å². The predicted molar refractivity (Wildman–Crippen MR) is 97.0 cm³/mol. The minimum absolute atomic E-state index is 0.996. The Hall–Kier alpha value is -2.80. The average Bonchev–Trinajstić information content (AvgIpc) is 3.42. The second-order valence-corrected chi connectivity index (χ2v) is 4.63. The highest BCUT2D eigenvalue weighted by Gasteiger charge is 2.10. The maximum absolute atomic E-state index is 4.89. The van der Waals surface area contributed by atoms with Gasteiger partial charge in [0, 0.05) is 5.56 Å². The summed E-state index contributed by atoms with van der Waals surface area (Å²) in [4.78, 5) is 0. The lowest BCUT2D eigenvalue weighted by Crippen LogP contribution is -1.68. The van der Waals surface area contributed by atoms with Gasteiger partial charge in [0.05, 0.1) is 0 Å². The third kappa shape index (κ3) is 7.71. The summed E-state index contributed by atoms with van der Waals surface area (Å²) in [6, 6.07) is 20.1. The molecule has 1 aliphatic heterocycles. The van der Waals surface area contributed by atoms with Crippen LogP contribution in [0.25, 0.3) is 11.8 Å². The van der Waals surface area contributed by atoms with Crippen LogP contribution in [-0.2, 0) is 4.74 Å². The lowest BCUT2D eigenvalue weighted by molar-refractivity contribution is 0.563. The highest BCUT2D eigenvalue weighted by Crippen LogP contribution is 2.25. The molecule has 0 saturated carbocycles. The van der Waals surface area contributed by atoms with Gasteiger partial charge in [0.15, 0.2) is 5.76 Å². The number of rotatable bonds is 3. The van der Waals surface area contributed by atoms with E-state index in [0.717, 1.165) is 16.9 Å². The largest absolute Gasteiger partial charge is 0.457 e. The molecule has 1 aliphatic rings. The van der Waals surface area contributed by atoms with Gasteiger partial charge in [-0.2, -0.15) is 0 Å². The van der Waals surface area contributed by atoms with E-state index in [1.807, 2.05) is 73.7 Å². The Balaban J connectivity index is 0.000000173. The predicted octanol–water partition coefficient (Wildman–Crippen LogP) is 6.09. The van der Waals surface area contributed by atoms with Crippen molar-refractivity contribution in [3.8, 4) is 0 Å². The van der Waals surface area contributed by atoms with Crippen molar-refractivity contribution in [2.75, 3.05) is 0 Å². The van der Waals surface area contributed by atoms with Crippen LogP contribution in [0.2, 0.25) is 0 Å². The molecule has 1 heteroatoms. The van der Waals surface area contributed by atoms with Crippen LogP contribution in [0, 0.1) is 0 Å². The Morgan fingerprint density at radius 1 is 0.909 bits per heavy atom. The summed E-state index contributed by atoms with van der Waals surface area (Å²) in [6.45, 7) is 12.6. The molecule has 0 aliphatic carbocycles. The zero-order valence-electron chi connectivity index (χ0n) is 13.0. The fraction of sp³-hybridized carbons (Fsp3) is 0.0476. The number of hydrogen-bond donors (Lipinski definition) is 0. The minimum Gasteiger partial charge on any atom is -0.457 e. The molecular weight excluding hydrogens is 268 g/mol. The normalized spacial score (nSPS) is 10.3. The lowest BCUT2D eigenvalue weighted by Gasteiger charge is -1.86. The van der Waals surface area contributed by atoms with Crippen LogP contribution in [0.3, 0.4) is 0 Å². The molecule has 0 amide bonds. The van der Waals surface area contributed by atoms with E-state index >= 15 is 0 Å². The van der Waals surface area contributed by atoms with Crippen molar-refractivity contribution in [1.29, 1.82) is 0 Å². The Morgan fingerprint density at radius 2 is 1.36 bits per heavy atom. The molecule has 0 unspecified atom stereocenters. The summed E-state index contributed by atoms with van der Waals surface area (Å²) in [7, 11) is 0. The van der Waals surface area contributed by atoms with E-state index in [0.29, 0.717) is 0 Å². The molecular formula is C21H22O. The first kappa shape index (κ1) is 17.3. The molecule has 0 fully saturated rings. The van der Waals surface area contributed by atoms with Gasteiger partial charge in [0.1, 0.15) is 6.26 Å². The van der Waals surface area contributed by atoms with Crippen molar-refractivity contribution in [3.05, 3.63) is 109 Å². The van der Waals surface area contributed by atoms with Gasteiger partial charge < -0.3 is 4.74 Å². The quantitative estimate of drug-likeness (QED) is 0.623. The maximum atomic E-state index is 4.89. The van der Waals surface area contributed by atoms with E-state index < -0.39 is 0 Å². The van der Waals surface area contributed by atoms with Crippen LogP contribution in [0.15, 0.2) is 98.3 Å². The summed E-state index contributed by atoms with van der Waals surface area (Å²) >= 11 is 0. The van der Waals surface area contributed by atoms with E-state index in [1.165, 1.54) is 5.56 Å². The molecule has 22 heavy (non-hydrogen) atoms. The second kappa shape index (κ2) is 10.0. The van der Waals surface area contributed by atoms with Gasteiger partial charge in [-0.1, -0.05) is 98.1 Å². The van der Waals surface area contributed by atoms with Crippen molar-refractivity contribution < 1.29 is 4.74 Å². The molecule has 0 radical (unpaired) electrons. The zero-order chi connectivity index (χ0) is 16.2. The Kier molecular flexibility index (Phi) is 7.84. The van der Waals surface area contributed by atoms with Crippen LogP contribution in [0.5, 0.6) is 0 Å². The monoisotopic (exact) mass is 290 g/mol. The molecule has 3 rings (SSSR count). The van der Waals surface area contributed by atoms with Gasteiger partial charge in [-0.05, 0) is 12.5 Å². The first-order valence-electron chi connectivity index (χ1n) is 7.05. The van der Waals surface area contributed by atoms with Gasteiger partial charge in [-0.25, -0.2) is 0 Å². The molecule has 0 aromatic heterocycles. The molecule has 1 heterocycles. The Morgan fingerprint density at radius 3 is 1.68 bits per heavy atom. The summed E-state index contributed by atoms with van der Waals surface area (Å²) in [5, 5.41) is 0. The van der Waals surface area contributed by atoms with Crippen molar-refractivity contribution in [3.63, 3.8) is 0 Å². The van der Waals surface area contributed by atoms with Crippen LogP contribution < -0.4 is 0 Å². The summed E-state index contributed by atoms with van der Waals surface area (Å²) in [6.07, 6.45) is 5.30. The Bertz CT molecular complexity index is 621. The van der Waals surface area contributed by atoms with Gasteiger partial charge >= 0.3 is 0 Å². The van der Waals surface area contributed by atoms with E-state index in [1.54, 1.807) is 12.3 Å². The van der Waals surface area contributed by atoms with Gasteiger partial charge in [0.2, 0.25) is 0 Å². The van der Waals surface area contributed by atoms with Crippen LogP contribution in [0.1, 0.15) is 18.1 Å². The SMILES string of the molecule is C1=C(c2ccccc2)O1.C=CC(=C)C.C=Cc1ccccc1. The fourth-order valence-corrected chi connectivity index (χ4v) is 1.36. The smallest absolute Gasteiger partial charge is 0.168 e. The van der Waals surface area contributed by atoms with E-state index in [2.05, 4.69) is 19.7 Å². The molecule has 0 N–H and O–H groups in total. The van der Waals surface area contributed by atoms with Crippen molar-refractivity contribution in [1.82, 2.24) is 0 Å². The Labute approximate surface area is 133 Å². The highest BCUT2D eigenvalue weighted by molar-refractivity contribution is 5.66. The summed E-state index contributed by atoms with van der Waals surface area (Å²) in [5.41, 5.74) is 3.36. The molecule has 2 aromatic carbocycles. The molecule has 112 valence electrons. The molecule has 0 bridgehead atoms. The fourth-order valence-electron chi connectivity index (χ4n) is 1.36. The van der Waals surface area contributed by atoms with Crippen LogP contribution in [0.4, 0.5) is 0 Å². The van der Waals surface area contributed by atoms with Crippen LogP contribution >= 0.6 is 0 Å². The van der Waals surface area contributed by atoms with Gasteiger partial charge in [-0.15, -0.1) is 0 Å². The first-order chi connectivity index (χ1) is 10.7. The molecule has 2 aromatic rings. The number of ether oxygens (including phenoxy) is 1. The topological polar surface area (TPSA) is 12.5 Å². The summed E-state index contributed by atoms with van der Waals surface area (Å²) in [5.74, 6) is 0.996. The molecule has 0 saturated heterocycles. The highest BCUT2D eigenvalue weighted by atomic mass is 16.5. The third-order valence-electron chi connectivity index (χ3n) is 2.68. The average molecular weight is 290 g/mol. The van der Waals surface area contributed by atoms with Crippen molar-refractivity contribution >= 4 is 11.8 Å². The summed E-state index contributed by atoms with van der Waals surface area (Å²) < 4.78 is 4.89. The van der Waals surface area contributed by atoms with Crippen molar-refractivity contribution in [2.24, 2.45) is 0 Å².